The van der Waals surface area contributed by atoms with Gasteiger partial charge in [-0.25, -0.2) is 0 Å². The van der Waals surface area contributed by atoms with Crippen molar-refractivity contribution in [3.05, 3.63) is 29.3 Å². The van der Waals surface area contributed by atoms with Crippen LogP contribution in [-0.4, -0.2) is 55.0 Å². The predicted octanol–water partition coefficient (Wildman–Crippen LogP) is 2.94. The molecule has 2 aliphatic rings. The number of hydrogen-bond acceptors (Lipinski definition) is 4. The normalized spacial score (nSPS) is 30.6. The highest BCUT2D eigenvalue weighted by Crippen LogP contribution is 2.28. The molecular weight excluding hydrogens is 302 g/mol. The number of methoxy groups -OCH3 is 1. The van der Waals surface area contributed by atoms with Crippen LogP contribution in [0.5, 0.6) is 5.75 Å². The molecule has 3 rings (SSSR count). The SMILES string of the molecule is [2H]C([2H])([2H])Oc1cc(CCO[C@@H]2CCCC[C@H]2N2CCC(O)C2)ccc1C. The predicted molar refractivity (Wildman–Crippen MR) is 95.6 cm³/mol. The van der Waals surface area contributed by atoms with E-state index >= 15 is 0 Å². The average molecular weight is 336 g/mol. The Morgan fingerprint density at radius 1 is 1.29 bits per heavy atom. The first-order chi connectivity index (χ1) is 12.8. The van der Waals surface area contributed by atoms with Crippen LogP contribution in [0.1, 0.15) is 47.3 Å². The number of β-amino-alcohol motifs (C(OH)–C–C–N with tert-alkyl or cyclic N) is 1. The number of ether oxygens (including phenoxy) is 2. The average Bonchev–Trinajstić information content (AvgIpc) is 3.03. The molecule has 1 saturated heterocycles. The fourth-order valence-corrected chi connectivity index (χ4v) is 4.00. The van der Waals surface area contributed by atoms with Gasteiger partial charge in [0.25, 0.3) is 0 Å². The number of hydrogen-bond donors (Lipinski definition) is 1. The second-order valence-electron chi connectivity index (χ2n) is 7.15. The summed E-state index contributed by atoms with van der Waals surface area (Å²) in [5.74, 6) is 0.411. The Morgan fingerprint density at radius 2 is 2.17 bits per heavy atom. The van der Waals surface area contributed by atoms with E-state index in [1.165, 1.54) is 12.8 Å². The van der Waals surface area contributed by atoms with Gasteiger partial charge in [-0.3, -0.25) is 4.90 Å². The Morgan fingerprint density at radius 3 is 2.96 bits per heavy atom. The monoisotopic (exact) mass is 336 g/mol. The summed E-state index contributed by atoms with van der Waals surface area (Å²) in [7, 11) is -2.44. The Labute approximate surface area is 150 Å². The van der Waals surface area contributed by atoms with Crippen molar-refractivity contribution in [2.45, 2.75) is 63.7 Å². The zero-order chi connectivity index (χ0) is 19.4. The number of nitrogens with zero attached hydrogens (tertiary/aromatic N) is 1. The molecule has 1 N–H and O–H groups in total. The zero-order valence-corrected chi connectivity index (χ0v) is 14.5. The lowest BCUT2D eigenvalue weighted by molar-refractivity contribution is -0.0316. The van der Waals surface area contributed by atoms with E-state index in [9.17, 15) is 5.11 Å². The lowest BCUT2D eigenvalue weighted by atomic mass is 9.91. The quantitative estimate of drug-likeness (QED) is 0.867. The first-order valence-electron chi connectivity index (χ1n) is 10.6. The summed E-state index contributed by atoms with van der Waals surface area (Å²) in [5, 5.41) is 9.84. The third-order valence-corrected chi connectivity index (χ3v) is 5.42. The van der Waals surface area contributed by atoms with Crippen LogP contribution in [0.4, 0.5) is 0 Å². The highest BCUT2D eigenvalue weighted by Gasteiger charge is 2.34. The minimum Gasteiger partial charge on any atom is -0.496 e. The molecule has 24 heavy (non-hydrogen) atoms. The molecule has 1 saturated carbocycles. The van der Waals surface area contributed by atoms with Gasteiger partial charge in [0.1, 0.15) is 5.75 Å². The molecule has 0 spiro atoms. The van der Waals surface area contributed by atoms with Crippen LogP contribution in [0.3, 0.4) is 0 Å². The van der Waals surface area contributed by atoms with Crippen LogP contribution in [0.25, 0.3) is 0 Å². The van der Waals surface area contributed by atoms with Crippen molar-refractivity contribution in [2.24, 2.45) is 0 Å². The molecule has 1 heterocycles. The van der Waals surface area contributed by atoms with Gasteiger partial charge in [0, 0.05) is 19.1 Å². The van der Waals surface area contributed by atoms with E-state index in [0.29, 0.717) is 18.4 Å². The molecule has 4 nitrogen and oxygen atoms in total. The molecule has 0 radical (unpaired) electrons. The molecule has 2 fully saturated rings. The number of likely N-dealkylation sites (tertiary alicyclic amines) is 1. The summed E-state index contributed by atoms with van der Waals surface area (Å²) in [6.07, 6.45) is 6.23. The van der Waals surface area contributed by atoms with E-state index in [2.05, 4.69) is 4.90 Å². The van der Waals surface area contributed by atoms with Crippen LogP contribution in [0.2, 0.25) is 0 Å². The molecule has 1 aliphatic heterocycles. The molecule has 0 bridgehead atoms. The topological polar surface area (TPSA) is 41.9 Å². The van der Waals surface area contributed by atoms with Gasteiger partial charge in [0.15, 0.2) is 0 Å². The summed E-state index contributed by atoms with van der Waals surface area (Å²) in [6.45, 7) is 4.17. The smallest absolute Gasteiger partial charge is 0.122 e. The zero-order valence-electron chi connectivity index (χ0n) is 17.5. The van der Waals surface area contributed by atoms with E-state index in [1.807, 2.05) is 19.1 Å². The summed E-state index contributed by atoms with van der Waals surface area (Å²) in [6, 6.07) is 6.11. The van der Waals surface area contributed by atoms with Gasteiger partial charge >= 0.3 is 0 Å². The lowest BCUT2D eigenvalue weighted by Crippen LogP contribution is -2.46. The maximum absolute atomic E-state index is 9.84. The van der Waals surface area contributed by atoms with Crippen molar-refractivity contribution in [1.82, 2.24) is 4.90 Å². The fourth-order valence-electron chi connectivity index (χ4n) is 4.00. The van der Waals surface area contributed by atoms with Crippen molar-refractivity contribution in [3.8, 4) is 5.75 Å². The second kappa shape index (κ2) is 8.32. The number of aliphatic hydroxyl groups is 1. The van der Waals surface area contributed by atoms with Gasteiger partial charge in [0.2, 0.25) is 0 Å². The van der Waals surface area contributed by atoms with Crippen molar-refractivity contribution >= 4 is 0 Å². The fraction of sp³-hybridized carbons (Fsp3) is 0.700. The Bertz CT molecular complexity index is 623. The van der Waals surface area contributed by atoms with Crippen LogP contribution < -0.4 is 4.74 Å². The lowest BCUT2D eigenvalue weighted by Gasteiger charge is -2.37. The van der Waals surface area contributed by atoms with Crippen LogP contribution in [0.15, 0.2) is 18.2 Å². The van der Waals surface area contributed by atoms with Crippen molar-refractivity contribution in [2.75, 3.05) is 26.7 Å². The maximum atomic E-state index is 9.84. The molecule has 1 unspecified atom stereocenters. The molecule has 0 aromatic heterocycles. The maximum Gasteiger partial charge on any atom is 0.122 e. The molecule has 134 valence electrons. The number of rotatable bonds is 6. The number of benzene rings is 1. The summed E-state index contributed by atoms with van der Waals surface area (Å²) < 4.78 is 33.2. The minimum absolute atomic E-state index is 0.197. The van der Waals surface area contributed by atoms with E-state index in [4.69, 9.17) is 13.6 Å². The van der Waals surface area contributed by atoms with Gasteiger partial charge in [-0.05, 0) is 49.8 Å². The third-order valence-electron chi connectivity index (χ3n) is 5.42. The third kappa shape index (κ3) is 4.29. The van der Waals surface area contributed by atoms with Crippen LogP contribution >= 0.6 is 0 Å². The summed E-state index contributed by atoms with van der Waals surface area (Å²) in [5.41, 5.74) is 1.83. The summed E-state index contributed by atoms with van der Waals surface area (Å²) in [4.78, 5) is 2.39. The van der Waals surface area contributed by atoms with E-state index in [1.54, 1.807) is 6.07 Å². The number of aryl methyl sites for hydroxylation is 1. The molecule has 1 aromatic carbocycles. The van der Waals surface area contributed by atoms with E-state index in [-0.39, 0.29) is 12.2 Å². The second-order valence-corrected chi connectivity index (χ2v) is 7.15. The van der Waals surface area contributed by atoms with Gasteiger partial charge in [-0.15, -0.1) is 0 Å². The minimum atomic E-state index is -2.44. The highest BCUT2D eigenvalue weighted by molar-refractivity contribution is 5.36. The Balaban J connectivity index is 1.54. The molecular formula is C20H31NO3. The van der Waals surface area contributed by atoms with Crippen LogP contribution in [-0.2, 0) is 11.2 Å². The van der Waals surface area contributed by atoms with Crippen molar-refractivity contribution < 1.29 is 18.7 Å². The van der Waals surface area contributed by atoms with Gasteiger partial charge in [-0.1, -0.05) is 25.0 Å². The van der Waals surface area contributed by atoms with Gasteiger partial charge in [0.05, 0.1) is 30.0 Å². The van der Waals surface area contributed by atoms with Crippen molar-refractivity contribution in [3.63, 3.8) is 0 Å². The van der Waals surface area contributed by atoms with E-state index in [0.717, 1.165) is 49.9 Å². The molecule has 1 aliphatic carbocycles. The highest BCUT2D eigenvalue weighted by atomic mass is 16.5. The molecule has 3 atom stereocenters. The molecule has 0 amide bonds. The summed E-state index contributed by atoms with van der Waals surface area (Å²) >= 11 is 0. The van der Waals surface area contributed by atoms with Gasteiger partial charge < -0.3 is 14.6 Å². The standard InChI is InChI=1S/C20H31NO3/c1-15-7-8-16(13-20(15)23-2)10-12-24-19-6-4-3-5-18(19)21-11-9-17(22)14-21/h7-8,13,17-19,22H,3-6,9-12,14H2,1-2H3/t17?,18-,19-/m1/s1/i2D3. The first kappa shape index (κ1) is 14.1. The van der Waals surface area contributed by atoms with Crippen LogP contribution in [0, 0.1) is 6.92 Å². The van der Waals surface area contributed by atoms with Crippen molar-refractivity contribution in [1.29, 1.82) is 0 Å². The van der Waals surface area contributed by atoms with E-state index < -0.39 is 7.04 Å². The largest absolute Gasteiger partial charge is 0.496 e. The first-order valence-corrected chi connectivity index (χ1v) is 9.14. The molecule has 4 heteroatoms. The number of aliphatic hydroxyl groups excluding tert-OH is 1. The van der Waals surface area contributed by atoms with Gasteiger partial charge in [-0.2, -0.15) is 0 Å². The Hall–Kier alpha value is -1.10. The molecule has 1 aromatic rings. The Kier molecular flexibility index (Phi) is 4.89.